The second-order valence-corrected chi connectivity index (χ2v) is 4.55. The minimum Gasteiger partial charge on any atom is -0.347 e. The minimum atomic E-state index is -4.19. The third kappa shape index (κ3) is 5.12. The lowest BCUT2D eigenvalue weighted by molar-refractivity contribution is -0.134. The van der Waals surface area contributed by atoms with Gasteiger partial charge in [-0.15, -0.1) is 0 Å². The predicted molar refractivity (Wildman–Crippen MR) is 71.8 cm³/mol. The van der Waals surface area contributed by atoms with Gasteiger partial charge in [0.25, 0.3) is 5.91 Å². The summed E-state index contributed by atoms with van der Waals surface area (Å²) in [5.74, 6) is -0.380. The van der Waals surface area contributed by atoms with Crippen LogP contribution >= 0.6 is 0 Å². The fourth-order valence-electron chi connectivity index (χ4n) is 1.67. The first-order chi connectivity index (χ1) is 10.4. The number of alkyl halides is 3. The number of nitrogens with zero attached hydrogens (tertiary/aromatic N) is 3. The molecule has 0 radical (unpaired) electrons. The van der Waals surface area contributed by atoms with Crippen molar-refractivity contribution in [3.8, 4) is 0 Å². The molecule has 116 valence electrons. The molecule has 1 amide bonds. The minimum absolute atomic E-state index is 0.157. The quantitative estimate of drug-likeness (QED) is 0.920. The lowest BCUT2D eigenvalue weighted by atomic mass is 10.2. The highest BCUT2D eigenvalue weighted by molar-refractivity contribution is 5.91. The number of rotatable bonds is 5. The van der Waals surface area contributed by atoms with Gasteiger partial charge in [0.2, 0.25) is 0 Å². The van der Waals surface area contributed by atoms with Crippen LogP contribution in [0, 0.1) is 0 Å². The van der Waals surface area contributed by atoms with Gasteiger partial charge < -0.3 is 5.32 Å². The summed E-state index contributed by atoms with van der Waals surface area (Å²) in [4.78, 5) is 23.3. The Kier molecular flexibility index (Phi) is 5.03. The molecule has 0 saturated carbocycles. The normalized spacial score (nSPS) is 11.2. The Morgan fingerprint density at radius 2 is 1.95 bits per heavy atom. The first kappa shape index (κ1) is 15.9. The molecule has 0 unspecified atom stereocenters. The second-order valence-electron chi connectivity index (χ2n) is 4.55. The van der Waals surface area contributed by atoms with Gasteiger partial charge in [-0.25, -0.2) is 4.98 Å². The summed E-state index contributed by atoms with van der Waals surface area (Å²) in [7, 11) is 0. The highest BCUT2D eigenvalue weighted by Gasteiger charge is 2.26. The Morgan fingerprint density at radius 3 is 2.55 bits per heavy atom. The Hall–Kier alpha value is -2.51. The van der Waals surface area contributed by atoms with Crippen molar-refractivity contribution in [1.29, 1.82) is 0 Å². The fraction of sp³-hybridized carbons (Fsp3) is 0.286. The fourth-order valence-corrected chi connectivity index (χ4v) is 1.67. The maximum atomic E-state index is 12.1. The molecule has 2 aromatic rings. The van der Waals surface area contributed by atoms with Crippen molar-refractivity contribution in [1.82, 2.24) is 20.3 Å². The summed E-state index contributed by atoms with van der Waals surface area (Å²) in [6.07, 6.45) is 0.409. The molecule has 0 aliphatic rings. The number of amides is 1. The van der Waals surface area contributed by atoms with Gasteiger partial charge in [-0.2, -0.15) is 13.2 Å². The Labute approximate surface area is 124 Å². The molecule has 0 atom stereocenters. The van der Waals surface area contributed by atoms with Crippen molar-refractivity contribution < 1.29 is 18.0 Å². The zero-order valence-corrected chi connectivity index (χ0v) is 11.5. The van der Waals surface area contributed by atoms with E-state index in [2.05, 4.69) is 20.3 Å². The standard InChI is InChI=1S/C14H13F3N4O/c15-14(16,17)4-3-11-2-1-10(7-20-11)8-21-13(22)12-9-18-5-6-19-12/h1-2,5-7,9H,3-4,8H2,(H,21,22). The molecule has 0 bridgehead atoms. The number of nitrogens with one attached hydrogen (secondary N) is 1. The summed E-state index contributed by atoms with van der Waals surface area (Å²) < 4.78 is 36.3. The Morgan fingerprint density at radius 1 is 1.14 bits per heavy atom. The van der Waals surface area contributed by atoms with Crippen LogP contribution in [0.3, 0.4) is 0 Å². The van der Waals surface area contributed by atoms with Gasteiger partial charge in [-0.1, -0.05) is 6.07 Å². The van der Waals surface area contributed by atoms with E-state index in [9.17, 15) is 18.0 Å². The molecular weight excluding hydrogens is 297 g/mol. The van der Waals surface area contributed by atoms with E-state index in [-0.39, 0.29) is 24.6 Å². The number of carbonyl (C=O) groups excluding carboxylic acids is 1. The van der Waals surface area contributed by atoms with Crippen molar-refractivity contribution in [3.05, 3.63) is 53.9 Å². The van der Waals surface area contributed by atoms with Crippen LogP contribution in [-0.4, -0.2) is 27.0 Å². The van der Waals surface area contributed by atoms with E-state index in [0.717, 1.165) is 0 Å². The van der Waals surface area contributed by atoms with Crippen LogP contribution in [0.1, 0.15) is 28.2 Å². The zero-order chi connectivity index (χ0) is 16.0. The Balaban J connectivity index is 1.85. The van der Waals surface area contributed by atoms with Gasteiger partial charge in [0.1, 0.15) is 5.69 Å². The van der Waals surface area contributed by atoms with Gasteiger partial charge in [0.05, 0.1) is 6.20 Å². The first-order valence-electron chi connectivity index (χ1n) is 6.49. The molecule has 8 heteroatoms. The number of hydrogen-bond acceptors (Lipinski definition) is 4. The summed E-state index contributed by atoms with van der Waals surface area (Å²) in [6, 6.07) is 3.16. The van der Waals surface area contributed by atoms with Crippen LogP contribution in [0.2, 0.25) is 0 Å². The SMILES string of the molecule is O=C(NCc1ccc(CCC(F)(F)F)nc1)c1cnccn1. The third-order valence-electron chi connectivity index (χ3n) is 2.80. The number of halogens is 3. The van der Waals surface area contributed by atoms with Crippen molar-refractivity contribution in [3.63, 3.8) is 0 Å². The number of hydrogen-bond donors (Lipinski definition) is 1. The molecular formula is C14H13F3N4O. The summed E-state index contributed by atoms with van der Waals surface area (Å²) in [5.41, 5.74) is 1.24. The molecule has 2 aromatic heterocycles. The molecule has 0 aliphatic carbocycles. The van der Waals surface area contributed by atoms with E-state index in [1.54, 1.807) is 6.07 Å². The molecule has 5 nitrogen and oxygen atoms in total. The molecule has 0 spiro atoms. The third-order valence-corrected chi connectivity index (χ3v) is 2.80. The smallest absolute Gasteiger partial charge is 0.347 e. The highest BCUT2D eigenvalue weighted by Crippen LogP contribution is 2.21. The molecule has 0 aliphatic heterocycles. The molecule has 0 fully saturated rings. The average Bonchev–Trinajstić information content (AvgIpc) is 2.52. The van der Waals surface area contributed by atoms with Gasteiger partial charge in [-0.05, 0) is 18.1 Å². The largest absolute Gasteiger partial charge is 0.389 e. The van der Waals surface area contributed by atoms with E-state index >= 15 is 0 Å². The molecule has 2 heterocycles. The van der Waals surface area contributed by atoms with Crippen LogP contribution < -0.4 is 5.32 Å². The van der Waals surface area contributed by atoms with Gasteiger partial charge in [-0.3, -0.25) is 14.8 Å². The maximum Gasteiger partial charge on any atom is 0.389 e. The number of aryl methyl sites for hydroxylation is 1. The predicted octanol–water partition coefficient (Wildman–Crippen LogP) is 2.30. The Bertz CT molecular complexity index is 614. The average molecular weight is 310 g/mol. The molecule has 1 N–H and O–H groups in total. The number of carbonyl (C=O) groups is 1. The summed E-state index contributed by atoms with van der Waals surface area (Å²) >= 11 is 0. The van der Waals surface area contributed by atoms with Crippen LogP contribution in [0.25, 0.3) is 0 Å². The van der Waals surface area contributed by atoms with Gasteiger partial charge >= 0.3 is 6.18 Å². The zero-order valence-electron chi connectivity index (χ0n) is 11.5. The van der Waals surface area contributed by atoms with E-state index in [1.807, 2.05) is 0 Å². The van der Waals surface area contributed by atoms with Crippen molar-refractivity contribution in [2.24, 2.45) is 0 Å². The van der Waals surface area contributed by atoms with Crippen molar-refractivity contribution in [2.45, 2.75) is 25.6 Å². The number of aromatic nitrogens is 3. The van der Waals surface area contributed by atoms with Gasteiger partial charge in [0.15, 0.2) is 0 Å². The van der Waals surface area contributed by atoms with Gasteiger partial charge in [0, 0.05) is 37.3 Å². The van der Waals surface area contributed by atoms with Crippen LogP contribution in [0.5, 0.6) is 0 Å². The van der Waals surface area contributed by atoms with Crippen LogP contribution in [0.15, 0.2) is 36.9 Å². The lowest BCUT2D eigenvalue weighted by Gasteiger charge is -2.07. The maximum absolute atomic E-state index is 12.1. The van der Waals surface area contributed by atoms with E-state index in [4.69, 9.17) is 0 Å². The van der Waals surface area contributed by atoms with Crippen molar-refractivity contribution in [2.75, 3.05) is 0 Å². The van der Waals surface area contributed by atoms with Crippen LogP contribution in [0.4, 0.5) is 13.2 Å². The lowest BCUT2D eigenvalue weighted by Crippen LogP contribution is -2.24. The van der Waals surface area contributed by atoms with Crippen molar-refractivity contribution >= 4 is 5.91 Å². The topological polar surface area (TPSA) is 67.8 Å². The molecule has 0 aromatic carbocycles. The molecule has 22 heavy (non-hydrogen) atoms. The monoisotopic (exact) mass is 310 g/mol. The first-order valence-corrected chi connectivity index (χ1v) is 6.49. The van der Waals surface area contributed by atoms with Crippen LogP contribution in [-0.2, 0) is 13.0 Å². The number of pyridine rings is 1. The van der Waals surface area contributed by atoms with E-state index in [1.165, 1.54) is 30.9 Å². The second kappa shape index (κ2) is 6.97. The highest BCUT2D eigenvalue weighted by atomic mass is 19.4. The summed E-state index contributed by atoms with van der Waals surface area (Å²) in [5, 5.41) is 2.63. The molecule has 2 rings (SSSR count). The molecule has 0 saturated heterocycles. The van der Waals surface area contributed by atoms with E-state index < -0.39 is 12.6 Å². The van der Waals surface area contributed by atoms with E-state index in [0.29, 0.717) is 11.3 Å². The summed E-state index contributed by atoms with van der Waals surface area (Å²) in [6.45, 7) is 0.210.